The van der Waals surface area contributed by atoms with Crippen LogP contribution in [-0.2, 0) is 7.05 Å². The van der Waals surface area contributed by atoms with Gasteiger partial charge in [-0.1, -0.05) is 49.9 Å². The zero-order valence-electron chi connectivity index (χ0n) is 12.3. The molecule has 0 saturated carbocycles. The smallest absolute Gasteiger partial charge is 0.175 e. The normalized spacial score (nSPS) is 12.7. The van der Waals surface area contributed by atoms with Gasteiger partial charge in [-0.15, -0.1) is 0 Å². The Bertz CT molecular complexity index is 587. The van der Waals surface area contributed by atoms with E-state index >= 15 is 0 Å². The van der Waals surface area contributed by atoms with Crippen LogP contribution in [0.3, 0.4) is 0 Å². The van der Waals surface area contributed by atoms with Crippen molar-refractivity contribution in [2.24, 2.45) is 7.05 Å². The van der Waals surface area contributed by atoms with Gasteiger partial charge >= 0.3 is 0 Å². The van der Waals surface area contributed by atoms with Crippen LogP contribution in [0.15, 0.2) is 41.8 Å². The fourth-order valence-corrected chi connectivity index (χ4v) is 2.85. The number of nitrogens with zero attached hydrogens (tertiary/aromatic N) is 2. The van der Waals surface area contributed by atoms with Crippen molar-refractivity contribution >= 4 is 17.5 Å². The van der Waals surface area contributed by atoms with Crippen molar-refractivity contribution in [1.29, 1.82) is 0 Å². The van der Waals surface area contributed by atoms with E-state index in [0.717, 1.165) is 10.7 Å². The molecule has 0 aliphatic heterocycles. The maximum Gasteiger partial charge on any atom is 0.175 e. The molecule has 2 rings (SSSR count). The molecule has 0 saturated heterocycles. The fourth-order valence-electron chi connectivity index (χ4n) is 1.94. The van der Waals surface area contributed by atoms with E-state index in [4.69, 9.17) is 0 Å². The number of Topliss-reactive ketones (excluding diaryl/α,β-unsaturated/α-hetero) is 1. The van der Waals surface area contributed by atoms with Crippen molar-refractivity contribution in [2.75, 3.05) is 0 Å². The van der Waals surface area contributed by atoms with E-state index in [2.05, 4.69) is 18.8 Å². The number of rotatable bonds is 5. The number of benzene rings is 1. The number of imidazole rings is 1. The van der Waals surface area contributed by atoms with Crippen LogP contribution in [0.4, 0.5) is 0 Å². The SMILES string of the molecule is CC(C)c1ccc(C(=O)[C@@H](C)Sc2nccn2C)cc1. The van der Waals surface area contributed by atoms with Crippen LogP contribution in [0.1, 0.15) is 42.6 Å². The molecule has 0 fully saturated rings. The second-order valence-corrected chi connectivity index (χ2v) is 6.53. The van der Waals surface area contributed by atoms with E-state index in [9.17, 15) is 4.79 Å². The minimum Gasteiger partial charge on any atom is -0.329 e. The van der Waals surface area contributed by atoms with E-state index in [1.54, 1.807) is 6.20 Å². The summed E-state index contributed by atoms with van der Waals surface area (Å²) in [6.45, 7) is 6.23. The number of thioether (sulfide) groups is 1. The Labute approximate surface area is 124 Å². The molecule has 3 nitrogen and oxygen atoms in total. The van der Waals surface area contributed by atoms with Crippen molar-refractivity contribution < 1.29 is 4.79 Å². The summed E-state index contributed by atoms with van der Waals surface area (Å²) in [6.07, 6.45) is 3.63. The molecule has 1 aromatic heterocycles. The summed E-state index contributed by atoms with van der Waals surface area (Å²) >= 11 is 1.49. The van der Waals surface area contributed by atoms with Crippen LogP contribution in [0.2, 0.25) is 0 Å². The van der Waals surface area contributed by atoms with Gasteiger partial charge in [0.15, 0.2) is 10.9 Å². The molecule has 1 heterocycles. The van der Waals surface area contributed by atoms with Crippen molar-refractivity contribution in [3.63, 3.8) is 0 Å². The lowest BCUT2D eigenvalue weighted by molar-refractivity contribution is 0.0994. The summed E-state index contributed by atoms with van der Waals surface area (Å²) in [7, 11) is 1.93. The van der Waals surface area contributed by atoms with E-state index in [1.807, 2.05) is 49.0 Å². The first kappa shape index (κ1) is 14.9. The first-order valence-electron chi connectivity index (χ1n) is 6.77. The van der Waals surface area contributed by atoms with Crippen LogP contribution in [-0.4, -0.2) is 20.6 Å². The highest BCUT2D eigenvalue weighted by atomic mass is 32.2. The monoisotopic (exact) mass is 288 g/mol. The predicted octanol–water partition coefficient (Wildman–Crippen LogP) is 3.91. The topological polar surface area (TPSA) is 34.9 Å². The van der Waals surface area contributed by atoms with E-state index in [1.165, 1.54) is 17.3 Å². The summed E-state index contributed by atoms with van der Waals surface area (Å²) < 4.78 is 1.93. The largest absolute Gasteiger partial charge is 0.329 e. The average molecular weight is 288 g/mol. The minimum atomic E-state index is -0.138. The Morgan fingerprint density at radius 2 is 1.85 bits per heavy atom. The highest BCUT2D eigenvalue weighted by molar-refractivity contribution is 8.00. The first-order chi connectivity index (χ1) is 9.49. The molecular formula is C16H20N2OS. The summed E-state index contributed by atoms with van der Waals surface area (Å²) in [4.78, 5) is 16.6. The Kier molecular flexibility index (Phi) is 4.65. The molecule has 0 aliphatic rings. The summed E-state index contributed by atoms with van der Waals surface area (Å²) in [5.74, 6) is 0.631. The highest BCUT2D eigenvalue weighted by Crippen LogP contribution is 2.24. The summed E-state index contributed by atoms with van der Waals surface area (Å²) in [5, 5.41) is 0.727. The van der Waals surface area contributed by atoms with Gasteiger partial charge in [-0.3, -0.25) is 4.79 Å². The summed E-state index contributed by atoms with van der Waals surface area (Å²) in [5.41, 5.74) is 2.02. The Hall–Kier alpha value is -1.55. The predicted molar refractivity (Wildman–Crippen MR) is 83.4 cm³/mol. The Balaban J connectivity index is 2.08. The fraction of sp³-hybridized carbons (Fsp3) is 0.375. The third-order valence-electron chi connectivity index (χ3n) is 3.29. The van der Waals surface area contributed by atoms with Crippen molar-refractivity contribution in [3.8, 4) is 0 Å². The number of aryl methyl sites for hydroxylation is 1. The molecule has 1 atom stereocenters. The van der Waals surface area contributed by atoms with Gasteiger partial charge in [-0.2, -0.15) is 0 Å². The van der Waals surface area contributed by atoms with Gasteiger partial charge in [-0.05, 0) is 18.4 Å². The molecule has 4 heteroatoms. The average Bonchev–Trinajstić information content (AvgIpc) is 2.83. The molecular weight excluding hydrogens is 268 g/mol. The van der Waals surface area contributed by atoms with E-state index in [-0.39, 0.29) is 11.0 Å². The summed E-state index contributed by atoms with van der Waals surface area (Å²) in [6, 6.07) is 7.92. The second kappa shape index (κ2) is 6.27. The third kappa shape index (κ3) is 3.31. The van der Waals surface area contributed by atoms with Crippen molar-refractivity contribution in [3.05, 3.63) is 47.8 Å². The number of hydrogen-bond acceptors (Lipinski definition) is 3. The molecule has 106 valence electrons. The quantitative estimate of drug-likeness (QED) is 0.618. The minimum absolute atomic E-state index is 0.138. The number of carbonyl (C=O) groups excluding carboxylic acids is 1. The number of ketones is 1. The Morgan fingerprint density at radius 1 is 1.20 bits per heavy atom. The van der Waals surface area contributed by atoms with Crippen LogP contribution >= 0.6 is 11.8 Å². The maximum absolute atomic E-state index is 12.4. The third-order valence-corrected chi connectivity index (χ3v) is 4.46. The molecule has 0 bridgehead atoms. The molecule has 0 amide bonds. The van der Waals surface area contributed by atoms with Gasteiger partial charge in [0.2, 0.25) is 0 Å². The Morgan fingerprint density at radius 3 is 2.35 bits per heavy atom. The second-order valence-electron chi connectivity index (χ2n) is 5.22. The van der Waals surface area contributed by atoms with Crippen LogP contribution in [0.5, 0.6) is 0 Å². The zero-order chi connectivity index (χ0) is 14.7. The van der Waals surface area contributed by atoms with Crippen molar-refractivity contribution in [1.82, 2.24) is 9.55 Å². The van der Waals surface area contributed by atoms with E-state index in [0.29, 0.717) is 5.92 Å². The molecule has 0 radical (unpaired) electrons. The molecule has 2 aromatic rings. The zero-order valence-corrected chi connectivity index (χ0v) is 13.1. The standard InChI is InChI=1S/C16H20N2OS/c1-11(2)13-5-7-14(8-6-13)15(19)12(3)20-16-17-9-10-18(16)4/h5-12H,1-4H3/t12-/m1/s1. The van der Waals surface area contributed by atoms with Gasteiger partial charge in [0.25, 0.3) is 0 Å². The van der Waals surface area contributed by atoms with Gasteiger partial charge in [0, 0.05) is 25.0 Å². The maximum atomic E-state index is 12.4. The lowest BCUT2D eigenvalue weighted by atomic mass is 10.00. The molecule has 0 aliphatic carbocycles. The van der Waals surface area contributed by atoms with Gasteiger partial charge in [0.05, 0.1) is 5.25 Å². The van der Waals surface area contributed by atoms with Gasteiger partial charge < -0.3 is 4.57 Å². The van der Waals surface area contributed by atoms with Crippen LogP contribution < -0.4 is 0 Å². The lowest BCUT2D eigenvalue weighted by Crippen LogP contribution is -2.14. The number of aromatic nitrogens is 2. The molecule has 0 N–H and O–H groups in total. The van der Waals surface area contributed by atoms with Gasteiger partial charge in [0.1, 0.15) is 0 Å². The molecule has 1 aromatic carbocycles. The molecule has 0 spiro atoms. The van der Waals surface area contributed by atoms with Crippen molar-refractivity contribution in [2.45, 2.75) is 37.1 Å². The molecule has 20 heavy (non-hydrogen) atoms. The first-order valence-corrected chi connectivity index (χ1v) is 7.65. The number of carbonyl (C=O) groups is 1. The van der Waals surface area contributed by atoms with Crippen LogP contribution in [0, 0.1) is 0 Å². The molecule has 0 unspecified atom stereocenters. The van der Waals surface area contributed by atoms with Gasteiger partial charge in [-0.25, -0.2) is 4.98 Å². The van der Waals surface area contributed by atoms with Crippen LogP contribution in [0.25, 0.3) is 0 Å². The lowest BCUT2D eigenvalue weighted by Gasteiger charge is -2.11. The van der Waals surface area contributed by atoms with E-state index < -0.39 is 0 Å². The number of hydrogen-bond donors (Lipinski definition) is 0. The highest BCUT2D eigenvalue weighted by Gasteiger charge is 2.18.